The van der Waals surface area contributed by atoms with Gasteiger partial charge in [-0.2, -0.15) is 0 Å². The third kappa shape index (κ3) is 4.48. The van der Waals surface area contributed by atoms with Crippen molar-refractivity contribution in [2.45, 2.75) is 57.4 Å². The summed E-state index contributed by atoms with van der Waals surface area (Å²) in [7, 11) is 1.63. The van der Waals surface area contributed by atoms with Crippen molar-refractivity contribution in [1.82, 2.24) is 9.80 Å². The third-order valence-corrected chi connectivity index (χ3v) is 7.71. The highest BCUT2D eigenvalue weighted by Crippen LogP contribution is 2.38. The first kappa shape index (κ1) is 22.7. The molecule has 0 radical (unpaired) electrons. The van der Waals surface area contributed by atoms with Crippen LogP contribution in [-0.4, -0.2) is 47.9 Å². The van der Waals surface area contributed by atoms with Crippen molar-refractivity contribution in [3.63, 3.8) is 0 Å². The fourth-order valence-corrected chi connectivity index (χ4v) is 5.83. The molecule has 2 heterocycles. The average molecular weight is 459 g/mol. The molecule has 0 atom stereocenters. The van der Waals surface area contributed by atoms with E-state index in [0.29, 0.717) is 17.2 Å². The molecule has 5 nitrogen and oxygen atoms in total. The Labute approximate surface area is 202 Å². The Morgan fingerprint density at radius 2 is 1.50 bits per heavy atom. The maximum Gasteiger partial charge on any atom is 0.278 e. The van der Waals surface area contributed by atoms with Crippen LogP contribution in [0.5, 0.6) is 5.75 Å². The van der Waals surface area contributed by atoms with Crippen LogP contribution in [0, 0.1) is 5.92 Å². The Hall–Kier alpha value is -3.08. The zero-order valence-electron chi connectivity index (χ0n) is 20.0. The fraction of sp³-hybridized carbons (Fsp3) is 0.448. The van der Waals surface area contributed by atoms with E-state index >= 15 is 0 Å². The van der Waals surface area contributed by atoms with Gasteiger partial charge in [-0.1, -0.05) is 61.7 Å². The van der Waals surface area contributed by atoms with Crippen molar-refractivity contribution in [3.8, 4) is 5.75 Å². The van der Waals surface area contributed by atoms with E-state index in [1.54, 1.807) is 12.0 Å². The Balaban J connectivity index is 1.40. The van der Waals surface area contributed by atoms with Gasteiger partial charge in [0.2, 0.25) is 0 Å². The van der Waals surface area contributed by atoms with Crippen molar-refractivity contribution in [2.24, 2.45) is 5.92 Å². The zero-order valence-corrected chi connectivity index (χ0v) is 20.0. The lowest BCUT2D eigenvalue weighted by Crippen LogP contribution is -2.44. The number of ether oxygens (including phenoxy) is 1. The summed E-state index contributed by atoms with van der Waals surface area (Å²) in [6.45, 7) is 1.62. The Morgan fingerprint density at radius 1 is 0.824 bits per heavy atom. The second kappa shape index (κ2) is 10.0. The van der Waals surface area contributed by atoms with Crippen LogP contribution in [0.25, 0.3) is 5.57 Å². The highest BCUT2D eigenvalue weighted by molar-refractivity contribution is 6.35. The smallest absolute Gasteiger partial charge is 0.278 e. The van der Waals surface area contributed by atoms with E-state index in [-0.39, 0.29) is 17.9 Å². The second-order valence-electron chi connectivity index (χ2n) is 9.84. The molecule has 2 fully saturated rings. The van der Waals surface area contributed by atoms with Gasteiger partial charge in [0.15, 0.2) is 0 Å². The maximum absolute atomic E-state index is 13.8. The van der Waals surface area contributed by atoms with Gasteiger partial charge in [-0.15, -0.1) is 0 Å². The number of nitrogens with zero attached hydrogens (tertiary/aromatic N) is 2. The molecule has 3 aliphatic rings. The molecule has 2 aromatic carbocycles. The largest absolute Gasteiger partial charge is 0.497 e. The van der Waals surface area contributed by atoms with E-state index in [0.717, 1.165) is 69.3 Å². The number of carbonyl (C=O) groups excluding carboxylic acids is 2. The van der Waals surface area contributed by atoms with Crippen LogP contribution in [0.3, 0.4) is 0 Å². The van der Waals surface area contributed by atoms with Crippen LogP contribution in [0.4, 0.5) is 0 Å². The van der Waals surface area contributed by atoms with E-state index in [9.17, 15) is 9.59 Å². The summed E-state index contributed by atoms with van der Waals surface area (Å²) in [5.41, 5.74) is 3.35. The summed E-state index contributed by atoms with van der Waals surface area (Å²) >= 11 is 0. The van der Waals surface area contributed by atoms with Crippen molar-refractivity contribution >= 4 is 17.4 Å². The van der Waals surface area contributed by atoms with E-state index in [4.69, 9.17) is 4.74 Å². The predicted octanol–water partition coefficient (Wildman–Crippen LogP) is 5.06. The average Bonchev–Trinajstić information content (AvgIpc) is 3.15. The Bertz CT molecular complexity index is 1050. The minimum Gasteiger partial charge on any atom is -0.497 e. The number of carbonyl (C=O) groups is 2. The molecule has 2 aromatic rings. The zero-order chi connectivity index (χ0) is 23.5. The van der Waals surface area contributed by atoms with Gasteiger partial charge in [0.25, 0.3) is 11.8 Å². The first-order chi connectivity index (χ1) is 16.7. The molecule has 5 heteroatoms. The highest BCUT2D eigenvalue weighted by atomic mass is 16.5. The summed E-state index contributed by atoms with van der Waals surface area (Å²) in [5, 5.41) is 0. The highest BCUT2D eigenvalue weighted by Gasteiger charge is 2.45. The molecule has 2 amide bonds. The number of hydrogen-bond donors (Lipinski definition) is 0. The minimum atomic E-state index is -0.122. The molecule has 34 heavy (non-hydrogen) atoms. The first-order valence-electron chi connectivity index (χ1n) is 12.7. The van der Waals surface area contributed by atoms with E-state index in [1.165, 1.54) is 12.0 Å². The van der Waals surface area contributed by atoms with E-state index in [1.807, 2.05) is 24.3 Å². The van der Waals surface area contributed by atoms with Gasteiger partial charge in [-0.25, -0.2) is 0 Å². The predicted molar refractivity (Wildman–Crippen MR) is 133 cm³/mol. The molecule has 1 aliphatic carbocycles. The molecule has 178 valence electrons. The van der Waals surface area contributed by atoms with Crippen molar-refractivity contribution in [2.75, 3.05) is 20.2 Å². The lowest BCUT2D eigenvalue weighted by molar-refractivity contribution is -0.141. The number of likely N-dealkylation sites (tertiary alicyclic amines) is 1. The van der Waals surface area contributed by atoms with Crippen molar-refractivity contribution in [1.29, 1.82) is 0 Å². The summed E-state index contributed by atoms with van der Waals surface area (Å²) in [6.07, 6.45) is 8.31. The van der Waals surface area contributed by atoms with Crippen LogP contribution >= 0.6 is 0 Å². The van der Waals surface area contributed by atoms with E-state index < -0.39 is 0 Å². The van der Waals surface area contributed by atoms with Crippen LogP contribution in [0.1, 0.15) is 56.1 Å². The monoisotopic (exact) mass is 458 g/mol. The SMILES string of the molecule is COc1ccc(C2=C(N3CCC(Cc4ccccc4)CC3)C(=O)N(C3CCCCC3)C2=O)cc1. The molecule has 0 spiro atoms. The summed E-state index contributed by atoms with van der Waals surface area (Å²) in [5.74, 6) is 1.13. The lowest BCUT2D eigenvalue weighted by Gasteiger charge is -2.35. The minimum absolute atomic E-state index is 0.0233. The standard InChI is InChI=1S/C29H34N2O3/c1-34-25-14-12-23(13-15-25)26-27(29(33)31(28(26)32)24-10-6-3-7-11-24)30-18-16-22(17-19-30)20-21-8-4-2-5-9-21/h2,4-5,8-9,12-15,22,24H,3,6-7,10-11,16-20H2,1H3. The number of hydrogen-bond acceptors (Lipinski definition) is 4. The van der Waals surface area contributed by atoms with E-state index in [2.05, 4.69) is 35.2 Å². The summed E-state index contributed by atoms with van der Waals surface area (Å²) in [6, 6.07) is 18.2. The fourth-order valence-electron chi connectivity index (χ4n) is 5.83. The molecule has 5 rings (SSSR count). The molecule has 1 saturated carbocycles. The molecule has 1 saturated heterocycles. The van der Waals surface area contributed by atoms with Gasteiger partial charge in [-0.3, -0.25) is 14.5 Å². The molecular formula is C29H34N2O3. The lowest BCUT2D eigenvalue weighted by atomic mass is 9.89. The Morgan fingerprint density at radius 3 is 2.15 bits per heavy atom. The summed E-state index contributed by atoms with van der Waals surface area (Å²) in [4.78, 5) is 31.3. The van der Waals surface area contributed by atoms with Gasteiger partial charge in [-0.05, 0) is 61.3 Å². The summed E-state index contributed by atoms with van der Waals surface area (Å²) < 4.78 is 5.31. The number of methoxy groups -OCH3 is 1. The second-order valence-corrected chi connectivity index (χ2v) is 9.84. The van der Waals surface area contributed by atoms with Crippen molar-refractivity contribution < 1.29 is 14.3 Å². The molecule has 0 N–H and O–H groups in total. The third-order valence-electron chi connectivity index (χ3n) is 7.71. The number of amides is 2. The number of imide groups is 1. The molecule has 0 unspecified atom stereocenters. The Kier molecular flexibility index (Phi) is 6.70. The van der Waals surface area contributed by atoms with Crippen LogP contribution in [-0.2, 0) is 16.0 Å². The van der Waals surface area contributed by atoms with Crippen LogP contribution in [0.2, 0.25) is 0 Å². The van der Waals surface area contributed by atoms with Gasteiger partial charge in [0.05, 0.1) is 12.7 Å². The maximum atomic E-state index is 13.8. The van der Waals surface area contributed by atoms with Crippen molar-refractivity contribution in [3.05, 3.63) is 71.4 Å². The molecule has 2 aliphatic heterocycles. The molecular weight excluding hydrogens is 424 g/mol. The van der Waals surface area contributed by atoms with Gasteiger partial charge < -0.3 is 9.64 Å². The number of benzene rings is 2. The molecule has 0 bridgehead atoms. The van der Waals surface area contributed by atoms with Crippen LogP contribution in [0.15, 0.2) is 60.3 Å². The molecule has 0 aromatic heterocycles. The number of piperidine rings is 1. The number of rotatable bonds is 6. The normalized spacial score (nSPS) is 20.4. The van der Waals surface area contributed by atoms with Gasteiger partial charge >= 0.3 is 0 Å². The first-order valence-corrected chi connectivity index (χ1v) is 12.7. The quantitative estimate of drug-likeness (QED) is 0.568. The van der Waals surface area contributed by atoms with Gasteiger partial charge in [0.1, 0.15) is 11.4 Å². The van der Waals surface area contributed by atoms with Crippen LogP contribution < -0.4 is 4.74 Å². The topological polar surface area (TPSA) is 49.9 Å². The van der Waals surface area contributed by atoms with Gasteiger partial charge in [0, 0.05) is 19.1 Å².